The quantitative estimate of drug-likeness (QED) is 0.0603. The third-order valence-electron chi connectivity index (χ3n) is 6.87. The molecule has 11 heteroatoms. The maximum absolute atomic E-state index is 12.6. The zero-order valence-electron chi connectivity index (χ0n) is 28.2. The second-order valence-electron chi connectivity index (χ2n) is 10.0. The highest BCUT2D eigenvalue weighted by molar-refractivity contribution is 5.97. The lowest BCUT2D eigenvalue weighted by atomic mass is 9.89. The number of nitrogens with one attached hydrogen (secondary N) is 1. The molecule has 1 aliphatic carbocycles. The van der Waals surface area contributed by atoms with Crippen LogP contribution >= 0.6 is 0 Å². The molecule has 8 N–H and O–H groups in total. The number of rotatable bonds is 11. The summed E-state index contributed by atoms with van der Waals surface area (Å²) in [5.41, 5.74) is 8.15. The first-order valence-electron chi connectivity index (χ1n) is 15.8. The monoisotopic (exact) mass is 648 g/mol. The highest BCUT2D eigenvalue weighted by Crippen LogP contribution is 2.33. The van der Waals surface area contributed by atoms with Crippen molar-refractivity contribution in [1.29, 1.82) is 0 Å². The van der Waals surface area contributed by atoms with Crippen LogP contribution in [-0.4, -0.2) is 81.5 Å². The first kappa shape index (κ1) is 42.6. The highest BCUT2D eigenvalue weighted by atomic mass is 16.7. The van der Waals surface area contributed by atoms with Gasteiger partial charge in [0.2, 0.25) is 12.2 Å². The first-order chi connectivity index (χ1) is 22.0. The van der Waals surface area contributed by atoms with E-state index < -0.39 is 43.3 Å². The molecule has 0 radical (unpaired) electrons. The van der Waals surface area contributed by atoms with Crippen LogP contribution in [0.2, 0.25) is 0 Å². The molecule has 1 saturated carbocycles. The van der Waals surface area contributed by atoms with Gasteiger partial charge < -0.3 is 50.8 Å². The van der Waals surface area contributed by atoms with Crippen LogP contribution in [-0.2, 0) is 14.3 Å². The van der Waals surface area contributed by atoms with Gasteiger partial charge in [-0.15, -0.1) is 0 Å². The van der Waals surface area contributed by atoms with Crippen LogP contribution in [0, 0.1) is 0 Å². The molecule has 1 heterocycles. The highest BCUT2D eigenvalue weighted by Gasteiger charge is 2.36. The second-order valence-corrected chi connectivity index (χ2v) is 10.0. The predicted molar refractivity (Wildman–Crippen MR) is 182 cm³/mol. The van der Waals surface area contributed by atoms with Gasteiger partial charge in [0.05, 0.1) is 30.4 Å². The summed E-state index contributed by atoms with van der Waals surface area (Å²) in [5.74, 6) is 0.299. The maximum Gasteiger partial charge on any atom is 0.247 e. The molecule has 2 aliphatic rings. The molecule has 260 valence electrons. The first-order valence-corrected chi connectivity index (χ1v) is 15.8. The van der Waals surface area contributed by atoms with E-state index in [2.05, 4.69) is 18.5 Å². The number of allylic oxidation sites excluding steroid dienone is 3. The van der Waals surface area contributed by atoms with Gasteiger partial charge in [-0.25, -0.2) is 0 Å². The largest absolute Gasteiger partial charge is 0.504 e. The van der Waals surface area contributed by atoms with E-state index in [0.29, 0.717) is 49.2 Å². The van der Waals surface area contributed by atoms with Crippen LogP contribution in [0.15, 0.2) is 72.6 Å². The minimum atomic E-state index is -0.785. The Morgan fingerprint density at radius 1 is 1.11 bits per heavy atom. The molecule has 6 atom stereocenters. The van der Waals surface area contributed by atoms with Crippen molar-refractivity contribution in [3.05, 3.63) is 78.1 Å². The van der Waals surface area contributed by atoms with Crippen molar-refractivity contribution in [1.82, 2.24) is 5.32 Å². The van der Waals surface area contributed by atoms with Gasteiger partial charge in [0, 0.05) is 5.57 Å². The Balaban J connectivity index is 0.00000268. The standard InChI is InChI=1S/C30H40N2O7.2C2H6.CH4O2/c1-5-8-21(6-2)37-14-13-18(3)27-17-22(31)30(39-27)38-26-12-11-20(16-25(26)35)15-19(4)29(36)32-28-23(33)9-7-10-24(28)34;2*1-2;2-1-3/h5-6,8,11-13,15-16,22-24,27-28,30,33-35H,1-2,7,9-10,14,17,31H2,3-4H3,(H,32,36);2*1-2H3;2-3H,1H2/b18-13+,19-15+,21-8+;;;/t22?,23-,24+,27-,28?,30+;;;/m0.../s1. The van der Waals surface area contributed by atoms with E-state index in [1.165, 1.54) is 6.07 Å². The predicted octanol–water partition coefficient (Wildman–Crippen LogP) is 4.21. The summed E-state index contributed by atoms with van der Waals surface area (Å²) in [6.07, 6.45) is 8.21. The lowest BCUT2D eigenvalue weighted by Crippen LogP contribution is -2.53. The van der Waals surface area contributed by atoms with E-state index in [1.807, 2.05) is 40.7 Å². The number of hydrogen-bond acceptors (Lipinski definition) is 10. The second kappa shape index (κ2) is 23.8. The Morgan fingerprint density at radius 2 is 1.72 bits per heavy atom. The smallest absolute Gasteiger partial charge is 0.247 e. The zero-order chi connectivity index (χ0) is 35.2. The van der Waals surface area contributed by atoms with E-state index in [4.69, 9.17) is 30.2 Å². The zero-order valence-corrected chi connectivity index (χ0v) is 28.2. The number of hydrogen-bond donors (Lipinski definition) is 7. The molecular weight excluding hydrogens is 592 g/mol. The third kappa shape index (κ3) is 14.3. The van der Waals surface area contributed by atoms with E-state index in [0.717, 1.165) is 5.57 Å². The van der Waals surface area contributed by atoms with Gasteiger partial charge in [0.25, 0.3) is 0 Å². The molecule has 0 bridgehead atoms. The summed E-state index contributed by atoms with van der Waals surface area (Å²) >= 11 is 0. The molecule has 0 spiro atoms. The molecule has 46 heavy (non-hydrogen) atoms. The van der Waals surface area contributed by atoms with Gasteiger partial charge in [-0.2, -0.15) is 0 Å². The minimum absolute atomic E-state index is 0.124. The maximum atomic E-state index is 12.6. The van der Waals surface area contributed by atoms with Crippen LogP contribution in [0.5, 0.6) is 11.5 Å². The fourth-order valence-corrected chi connectivity index (χ4v) is 4.55. The Morgan fingerprint density at radius 3 is 2.26 bits per heavy atom. The van der Waals surface area contributed by atoms with Gasteiger partial charge in [0.15, 0.2) is 11.5 Å². The summed E-state index contributed by atoms with van der Waals surface area (Å²) in [6.45, 7) is 18.5. The number of aromatic hydroxyl groups is 1. The summed E-state index contributed by atoms with van der Waals surface area (Å²) in [4.78, 5) is 12.6. The molecule has 1 aliphatic heterocycles. The average Bonchev–Trinajstić information content (AvgIpc) is 3.41. The number of ether oxygens (including phenoxy) is 3. The SMILES string of the molecule is C=C/C=C(\C=C)OC/C=C(\C)[C@@H]1CC(N)[C@H](Oc2ccc(/C=C(\C)C(=O)NC3[C@H](O)CCC[C@@H]3O)cc2O)O1.CC.CC.OCO. The number of phenolic OH excluding ortho intramolecular Hbond substituents is 1. The van der Waals surface area contributed by atoms with Crippen molar-refractivity contribution in [2.75, 3.05) is 13.4 Å². The van der Waals surface area contributed by atoms with Crippen LogP contribution in [0.4, 0.5) is 0 Å². The van der Waals surface area contributed by atoms with Crippen molar-refractivity contribution in [3.63, 3.8) is 0 Å². The Labute approximate surface area is 274 Å². The number of aliphatic hydroxyl groups excluding tert-OH is 3. The molecule has 11 nitrogen and oxygen atoms in total. The van der Waals surface area contributed by atoms with Crippen LogP contribution in [0.3, 0.4) is 0 Å². The van der Waals surface area contributed by atoms with Gasteiger partial charge >= 0.3 is 0 Å². The summed E-state index contributed by atoms with van der Waals surface area (Å²) in [6, 6.07) is 3.65. The molecule has 1 aromatic rings. The number of phenols is 1. The van der Waals surface area contributed by atoms with Crippen LogP contribution < -0.4 is 15.8 Å². The lowest BCUT2D eigenvalue weighted by Gasteiger charge is -2.32. The van der Waals surface area contributed by atoms with Gasteiger partial charge in [0.1, 0.15) is 19.2 Å². The molecular formula is C35H56N2O9. The number of nitrogens with two attached hydrogens (primary N) is 1. The number of aliphatic hydroxyl groups is 4. The Bertz CT molecular complexity index is 1140. The number of carbonyl (C=O) groups excluding carboxylic acids is 1. The van der Waals surface area contributed by atoms with Crippen molar-refractivity contribution < 1.29 is 44.5 Å². The molecule has 0 aromatic heterocycles. The summed E-state index contributed by atoms with van der Waals surface area (Å²) in [5, 5.41) is 47.8. The number of benzene rings is 1. The lowest BCUT2D eigenvalue weighted by molar-refractivity contribution is -0.121. The fraction of sp³-hybridized carbons (Fsp3) is 0.514. The molecule has 1 saturated heterocycles. The molecule has 1 aromatic carbocycles. The fourth-order valence-electron chi connectivity index (χ4n) is 4.55. The Hall–Kier alpha value is -3.45. The van der Waals surface area contributed by atoms with Gasteiger partial charge in [-0.05, 0) is 87.1 Å². The van der Waals surface area contributed by atoms with Crippen molar-refractivity contribution in [2.24, 2.45) is 5.73 Å². The van der Waals surface area contributed by atoms with Gasteiger partial charge in [-0.1, -0.05) is 53.0 Å². The van der Waals surface area contributed by atoms with E-state index in [-0.39, 0.29) is 17.6 Å². The molecule has 1 amide bonds. The summed E-state index contributed by atoms with van der Waals surface area (Å²) in [7, 11) is 0. The topological polar surface area (TPSA) is 184 Å². The van der Waals surface area contributed by atoms with Crippen LogP contribution in [0.1, 0.15) is 72.8 Å². The van der Waals surface area contributed by atoms with E-state index in [1.54, 1.807) is 43.4 Å². The van der Waals surface area contributed by atoms with Crippen molar-refractivity contribution >= 4 is 12.0 Å². The number of carbonyl (C=O) groups is 1. The molecule has 3 rings (SSSR count). The number of amides is 1. The molecule has 2 fully saturated rings. The average molecular weight is 649 g/mol. The van der Waals surface area contributed by atoms with Gasteiger partial charge in [-0.3, -0.25) is 4.79 Å². The van der Waals surface area contributed by atoms with E-state index in [9.17, 15) is 20.1 Å². The minimum Gasteiger partial charge on any atom is -0.504 e. The molecule has 2 unspecified atom stereocenters. The normalized spacial score (nSPS) is 24.5. The Kier molecular flexibility index (Phi) is 22.0. The van der Waals surface area contributed by atoms with Crippen molar-refractivity contribution in [2.45, 2.75) is 104 Å². The third-order valence-corrected chi connectivity index (χ3v) is 6.87. The summed E-state index contributed by atoms with van der Waals surface area (Å²) < 4.78 is 17.5. The van der Waals surface area contributed by atoms with Crippen molar-refractivity contribution in [3.8, 4) is 11.5 Å². The van der Waals surface area contributed by atoms with Crippen LogP contribution in [0.25, 0.3) is 6.08 Å². The van der Waals surface area contributed by atoms with E-state index >= 15 is 0 Å².